The van der Waals surface area contributed by atoms with Gasteiger partial charge in [0.15, 0.2) is 5.82 Å². The second-order valence-corrected chi connectivity index (χ2v) is 4.29. The van der Waals surface area contributed by atoms with Gasteiger partial charge in [0.1, 0.15) is 24.5 Å². The second-order valence-electron chi connectivity index (χ2n) is 4.29. The van der Waals surface area contributed by atoms with Gasteiger partial charge in [0, 0.05) is 6.42 Å². The molecule has 0 radical (unpaired) electrons. The van der Waals surface area contributed by atoms with E-state index in [-0.39, 0.29) is 6.04 Å². The highest BCUT2D eigenvalue weighted by Gasteiger charge is 2.14. The van der Waals surface area contributed by atoms with Crippen LogP contribution in [0.1, 0.15) is 38.5 Å². The third-order valence-electron chi connectivity index (χ3n) is 2.36. The van der Waals surface area contributed by atoms with Crippen LogP contribution in [-0.2, 0) is 6.42 Å². The summed E-state index contributed by atoms with van der Waals surface area (Å²) in [5, 5.41) is 11.2. The standard InChI is InChI=1S/C10H16N6/c1-7(2)4-9-13-10(15-14-9)8(3)16-6-11-5-12-16/h5-8H,4H2,1-3H3,(H,13,14,15)/t8-/m1/s1. The fraction of sp³-hybridized carbons (Fsp3) is 0.600. The van der Waals surface area contributed by atoms with Crippen LogP contribution in [0.4, 0.5) is 0 Å². The largest absolute Gasteiger partial charge is 0.263 e. The molecule has 0 bridgehead atoms. The van der Waals surface area contributed by atoms with E-state index in [1.807, 2.05) is 6.92 Å². The summed E-state index contributed by atoms with van der Waals surface area (Å²) in [5.41, 5.74) is 0. The van der Waals surface area contributed by atoms with Gasteiger partial charge in [-0.05, 0) is 12.8 Å². The minimum atomic E-state index is 0.0136. The van der Waals surface area contributed by atoms with Crippen LogP contribution in [-0.4, -0.2) is 29.9 Å². The third kappa shape index (κ3) is 2.26. The molecule has 0 aliphatic carbocycles. The van der Waals surface area contributed by atoms with Crippen LogP contribution in [0.2, 0.25) is 0 Å². The molecule has 0 aliphatic heterocycles. The highest BCUT2D eigenvalue weighted by Crippen LogP contribution is 2.12. The lowest BCUT2D eigenvalue weighted by Gasteiger charge is -2.05. The lowest BCUT2D eigenvalue weighted by molar-refractivity contribution is 0.535. The number of nitrogens with one attached hydrogen (secondary N) is 1. The zero-order chi connectivity index (χ0) is 11.5. The molecular weight excluding hydrogens is 204 g/mol. The molecule has 2 heterocycles. The van der Waals surface area contributed by atoms with Crippen LogP contribution in [0.5, 0.6) is 0 Å². The van der Waals surface area contributed by atoms with E-state index in [0.717, 1.165) is 18.1 Å². The van der Waals surface area contributed by atoms with Gasteiger partial charge in [-0.3, -0.25) is 5.10 Å². The van der Waals surface area contributed by atoms with Crippen molar-refractivity contribution in [3.05, 3.63) is 24.3 Å². The Morgan fingerprint density at radius 2 is 2.19 bits per heavy atom. The number of nitrogens with zero attached hydrogens (tertiary/aromatic N) is 5. The number of hydrogen-bond acceptors (Lipinski definition) is 4. The summed E-state index contributed by atoms with van der Waals surface area (Å²) in [7, 11) is 0. The predicted octanol–water partition coefficient (Wildman–Crippen LogP) is 1.20. The maximum atomic E-state index is 4.45. The SMILES string of the molecule is CC(C)Cc1nc([C@@H](C)n2cncn2)n[nH]1. The molecule has 86 valence electrons. The monoisotopic (exact) mass is 220 g/mol. The van der Waals surface area contributed by atoms with Gasteiger partial charge in [-0.1, -0.05) is 13.8 Å². The number of H-pyrrole nitrogens is 1. The normalized spacial score (nSPS) is 13.2. The maximum absolute atomic E-state index is 4.45. The summed E-state index contributed by atoms with van der Waals surface area (Å²) >= 11 is 0. The van der Waals surface area contributed by atoms with Gasteiger partial charge in [0.25, 0.3) is 0 Å². The van der Waals surface area contributed by atoms with Crippen LogP contribution in [0, 0.1) is 5.92 Å². The maximum Gasteiger partial charge on any atom is 0.174 e. The fourth-order valence-electron chi connectivity index (χ4n) is 1.51. The number of aromatic nitrogens is 6. The van der Waals surface area contributed by atoms with Crippen molar-refractivity contribution in [2.45, 2.75) is 33.2 Å². The van der Waals surface area contributed by atoms with E-state index < -0.39 is 0 Å². The summed E-state index contributed by atoms with van der Waals surface area (Å²) in [6.07, 6.45) is 4.10. The Bertz CT molecular complexity index is 430. The Kier molecular flexibility index (Phi) is 2.98. The molecule has 0 aromatic carbocycles. The molecular formula is C10H16N6. The Morgan fingerprint density at radius 3 is 2.81 bits per heavy atom. The van der Waals surface area contributed by atoms with Crippen LogP contribution in [0.15, 0.2) is 12.7 Å². The molecule has 1 N–H and O–H groups in total. The average molecular weight is 220 g/mol. The summed E-state index contributed by atoms with van der Waals surface area (Å²) in [5.74, 6) is 2.25. The van der Waals surface area contributed by atoms with E-state index in [1.54, 1.807) is 11.0 Å². The van der Waals surface area contributed by atoms with Gasteiger partial charge in [0.05, 0.1) is 0 Å². The zero-order valence-corrected chi connectivity index (χ0v) is 9.75. The molecule has 0 fully saturated rings. The summed E-state index contributed by atoms with van der Waals surface area (Å²) in [6, 6.07) is 0.0136. The minimum absolute atomic E-state index is 0.0136. The molecule has 1 atom stereocenters. The lowest BCUT2D eigenvalue weighted by Crippen LogP contribution is -2.09. The highest BCUT2D eigenvalue weighted by molar-refractivity contribution is 4.97. The Labute approximate surface area is 94.1 Å². The molecule has 0 amide bonds. The quantitative estimate of drug-likeness (QED) is 0.840. The molecule has 2 aromatic heterocycles. The van der Waals surface area contributed by atoms with E-state index in [2.05, 4.69) is 39.1 Å². The second kappa shape index (κ2) is 4.42. The van der Waals surface area contributed by atoms with E-state index in [4.69, 9.17) is 0 Å². The summed E-state index contributed by atoms with van der Waals surface area (Å²) < 4.78 is 1.74. The molecule has 0 saturated carbocycles. The topological polar surface area (TPSA) is 72.3 Å². The average Bonchev–Trinajstić information content (AvgIpc) is 2.84. The summed E-state index contributed by atoms with van der Waals surface area (Å²) in [6.45, 7) is 6.31. The van der Waals surface area contributed by atoms with Crippen molar-refractivity contribution < 1.29 is 0 Å². The van der Waals surface area contributed by atoms with Gasteiger partial charge in [-0.15, -0.1) is 0 Å². The lowest BCUT2D eigenvalue weighted by atomic mass is 10.1. The highest BCUT2D eigenvalue weighted by atomic mass is 15.4. The Balaban J connectivity index is 2.12. The smallest absolute Gasteiger partial charge is 0.174 e. The van der Waals surface area contributed by atoms with Crippen molar-refractivity contribution in [1.29, 1.82) is 0 Å². The fourth-order valence-corrected chi connectivity index (χ4v) is 1.51. The molecule has 0 aliphatic rings. The first-order valence-electron chi connectivity index (χ1n) is 5.42. The van der Waals surface area contributed by atoms with Crippen molar-refractivity contribution in [1.82, 2.24) is 29.9 Å². The van der Waals surface area contributed by atoms with Gasteiger partial charge in [-0.2, -0.15) is 10.2 Å². The van der Waals surface area contributed by atoms with Gasteiger partial charge in [0.2, 0.25) is 0 Å². The van der Waals surface area contributed by atoms with Crippen LogP contribution < -0.4 is 0 Å². The molecule has 6 heteroatoms. The summed E-state index contributed by atoms with van der Waals surface area (Å²) in [4.78, 5) is 8.36. The van der Waals surface area contributed by atoms with E-state index in [0.29, 0.717) is 5.92 Å². The van der Waals surface area contributed by atoms with Crippen molar-refractivity contribution >= 4 is 0 Å². The van der Waals surface area contributed by atoms with Crippen molar-refractivity contribution in [2.24, 2.45) is 5.92 Å². The van der Waals surface area contributed by atoms with Gasteiger partial charge < -0.3 is 0 Å². The molecule has 2 rings (SSSR count). The van der Waals surface area contributed by atoms with Crippen LogP contribution in [0.3, 0.4) is 0 Å². The van der Waals surface area contributed by atoms with Crippen molar-refractivity contribution in [3.63, 3.8) is 0 Å². The van der Waals surface area contributed by atoms with E-state index in [1.165, 1.54) is 6.33 Å². The molecule has 0 saturated heterocycles. The minimum Gasteiger partial charge on any atom is -0.263 e. The Hall–Kier alpha value is -1.72. The van der Waals surface area contributed by atoms with Gasteiger partial charge in [-0.25, -0.2) is 14.6 Å². The molecule has 0 unspecified atom stereocenters. The first-order valence-corrected chi connectivity index (χ1v) is 5.42. The number of hydrogen-bond donors (Lipinski definition) is 1. The predicted molar refractivity (Wildman–Crippen MR) is 58.8 cm³/mol. The van der Waals surface area contributed by atoms with Crippen molar-refractivity contribution in [2.75, 3.05) is 0 Å². The Morgan fingerprint density at radius 1 is 1.38 bits per heavy atom. The van der Waals surface area contributed by atoms with Crippen molar-refractivity contribution in [3.8, 4) is 0 Å². The number of rotatable bonds is 4. The molecule has 16 heavy (non-hydrogen) atoms. The molecule has 6 nitrogen and oxygen atoms in total. The molecule has 2 aromatic rings. The first-order chi connectivity index (χ1) is 7.66. The number of aromatic amines is 1. The first kappa shape index (κ1) is 10.8. The van der Waals surface area contributed by atoms with Gasteiger partial charge >= 0.3 is 0 Å². The van der Waals surface area contributed by atoms with Crippen LogP contribution >= 0.6 is 0 Å². The molecule has 0 spiro atoms. The zero-order valence-electron chi connectivity index (χ0n) is 9.75. The van der Waals surface area contributed by atoms with E-state index >= 15 is 0 Å². The van der Waals surface area contributed by atoms with Crippen LogP contribution in [0.25, 0.3) is 0 Å². The third-order valence-corrected chi connectivity index (χ3v) is 2.36. The van der Waals surface area contributed by atoms with E-state index in [9.17, 15) is 0 Å².